The van der Waals surface area contributed by atoms with Gasteiger partial charge in [0.15, 0.2) is 5.17 Å². The molecule has 1 aliphatic carbocycles. The van der Waals surface area contributed by atoms with E-state index in [1.54, 1.807) is 67.3 Å². The Morgan fingerprint density at radius 2 is 1.75 bits per heavy atom. The van der Waals surface area contributed by atoms with E-state index in [0.717, 1.165) is 17.3 Å². The van der Waals surface area contributed by atoms with Gasteiger partial charge >= 0.3 is 5.97 Å². The zero-order valence-electron chi connectivity index (χ0n) is 17.2. The second-order valence-electron chi connectivity index (χ2n) is 7.42. The molecule has 8 heteroatoms. The van der Waals surface area contributed by atoms with Crippen LogP contribution in [0.1, 0.15) is 46.2 Å². The van der Waals surface area contributed by atoms with Crippen molar-refractivity contribution >= 4 is 46.1 Å². The van der Waals surface area contributed by atoms with Gasteiger partial charge < -0.3 is 9.64 Å². The monoisotopic (exact) mass is 464 g/mol. The van der Waals surface area contributed by atoms with Gasteiger partial charge in [0.25, 0.3) is 0 Å². The number of nitrogens with zero attached hydrogens (tertiary/aromatic N) is 2. The number of amidine groups is 1. The lowest BCUT2D eigenvalue weighted by atomic mass is 9.89. The molecule has 5 rings (SSSR count). The molecule has 1 atom stereocenters. The van der Waals surface area contributed by atoms with Crippen LogP contribution in [-0.2, 0) is 9.53 Å². The van der Waals surface area contributed by atoms with Gasteiger partial charge in [-0.15, -0.1) is 0 Å². The molecule has 0 aromatic heterocycles. The summed E-state index contributed by atoms with van der Waals surface area (Å²) >= 11 is 7.25. The van der Waals surface area contributed by atoms with Crippen LogP contribution in [0.4, 0.5) is 0 Å². The van der Waals surface area contributed by atoms with Crippen LogP contribution in [0.3, 0.4) is 0 Å². The number of benzene rings is 2. The predicted octanol–water partition coefficient (Wildman–Crippen LogP) is 4.93. The van der Waals surface area contributed by atoms with Crippen LogP contribution in [0, 0.1) is 0 Å². The number of carbonyl (C=O) groups excluding carboxylic acids is 3. The first-order valence-corrected chi connectivity index (χ1v) is 11.2. The Morgan fingerprint density at radius 1 is 1.09 bits per heavy atom. The molecule has 3 aliphatic rings. The molecular formula is C24H17ClN2O4S. The molecule has 0 saturated heterocycles. The number of ether oxygens (including phenoxy) is 1. The van der Waals surface area contributed by atoms with Gasteiger partial charge in [-0.2, -0.15) is 0 Å². The van der Waals surface area contributed by atoms with E-state index in [4.69, 9.17) is 16.3 Å². The number of halogens is 1. The van der Waals surface area contributed by atoms with E-state index in [2.05, 4.69) is 4.99 Å². The van der Waals surface area contributed by atoms with Gasteiger partial charge in [0.1, 0.15) is 5.70 Å². The summed E-state index contributed by atoms with van der Waals surface area (Å²) in [6, 6.07) is 13.1. The highest BCUT2D eigenvalue weighted by Crippen LogP contribution is 2.50. The normalized spacial score (nSPS) is 19.5. The summed E-state index contributed by atoms with van der Waals surface area (Å²) in [4.78, 5) is 46.4. The topological polar surface area (TPSA) is 76.0 Å². The van der Waals surface area contributed by atoms with Crippen LogP contribution in [0.2, 0.25) is 5.02 Å². The molecule has 0 bridgehead atoms. The zero-order valence-corrected chi connectivity index (χ0v) is 18.8. The minimum absolute atomic E-state index is 0.201. The van der Waals surface area contributed by atoms with Crippen LogP contribution < -0.4 is 0 Å². The number of hydrogen-bond donors (Lipinski definition) is 0. The summed E-state index contributed by atoms with van der Waals surface area (Å²) in [6.45, 7) is 3.66. The Balaban J connectivity index is 1.71. The molecule has 0 saturated carbocycles. The molecule has 0 fully saturated rings. The van der Waals surface area contributed by atoms with Gasteiger partial charge in [-0.25, -0.2) is 9.79 Å². The Labute approximate surface area is 193 Å². The average Bonchev–Trinajstić information content (AvgIpc) is 3.16. The SMILES string of the molecule is CCOC(=O)C1=C(C)N=C2SC3=C(C(=O)c4ccccc4C3=O)N2C1c1ccc(Cl)cc1. The first-order valence-electron chi connectivity index (χ1n) is 10.0. The van der Waals surface area contributed by atoms with Crippen LogP contribution in [-0.4, -0.2) is 34.2 Å². The Morgan fingerprint density at radius 3 is 2.41 bits per heavy atom. The first kappa shape index (κ1) is 20.7. The Hall–Kier alpha value is -3.16. The minimum atomic E-state index is -0.680. The molecule has 0 radical (unpaired) electrons. The molecule has 2 aromatic rings. The summed E-state index contributed by atoms with van der Waals surface area (Å²) in [5, 5.41) is 1.03. The fraction of sp³-hybridized carbons (Fsp3) is 0.167. The van der Waals surface area contributed by atoms with E-state index in [9.17, 15) is 14.4 Å². The highest BCUT2D eigenvalue weighted by molar-refractivity contribution is 8.18. The van der Waals surface area contributed by atoms with Crippen molar-refractivity contribution in [2.75, 3.05) is 6.61 Å². The van der Waals surface area contributed by atoms with Crippen molar-refractivity contribution in [1.82, 2.24) is 4.90 Å². The van der Waals surface area contributed by atoms with Gasteiger partial charge in [0.05, 0.1) is 28.8 Å². The predicted molar refractivity (Wildman–Crippen MR) is 123 cm³/mol. The van der Waals surface area contributed by atoms with E-state index in [-0.39, 0.29) is 23.9 Å². The number of rotatable bonds is 3. The molecule has 2 heterocycles. The number of esters is 1. The molecule has 0 spiro atoms. The van der Waals surface area contributed by atoms with E-state index in [1.165, 1.54) is 0 Å². The number of ketones is 2. The van der Waals surface area contributed by atoms with Crippen LogP contribution in [0.15, 0.2) is 75.4 Å². The molecule has 2 aliphatic heterocycles. The highest BCUT2D eigenvalue weighted by atomic mass is 35.5. The molecular weight excluding hydrogens is 448 g/mol. The third-order valence-electron chi connectivity index (χ3n) is 5.56. The van der Waals surface area contributed by atoms with Crippen molar-refractivity contribution in [3.63, 3.8) is 0 Å². The van der Waals surface area contributed by atoms with Gasteiger partial charge in [0, 0.05) is 16.1 Å². The number of fused-ring (bicyclic) bond motifs is 3. The standard InChI is InChI=1S/C24H17ClN2O4S/c1-3-31-23(30)17-12(2)26-24-27(18(17)13-8-10-14(25)11-9-13)19-20(28)15-6-4-5-7-16(15)21(29)22(19)32-24/h4-11,18H,3H2,1-2H3. The third kappa shape index (κ3) is 3.04. The Kier molecular flexibility index (Phi) is 5.03. The second-order valence-corrected chi connectivity index (χ2v) is 8.84. The molecule has 0 amide bonds. The Bertz CT molecular complexity index is 1290. The summed E-state index contributed by atoms with van der Waals surface area (Å²) in [7, 11) is 0. The van der Waals surface area contributed by atoms with Crippen LogP contribution >= 0.6 is 23.4 Å². The highest BCUT2D eigenvalue weighted by Gasteiger charge is 2.49. The largest absolute Gasteiger partial charge is 0.463 e. The maximum atomic E-state index is 13.5. The lowest BCUT2D eigenvalue weighted by Crippen LogP contribution is -2.39. The smallest absolute Gasteiger partial charge is 0.338 e. The fourth-order valence-corrected chi connectivity index (χ4v) is 5.44. The second kappa shape index (κ2) is 7.76. The van der Waals surface area contributed by atoms with Gasteiger partial charge in [-0.05, 0) is 43.3 Å². The van der Waals surface area contributed by atoms with E-state index >= 15 is 0 Å². The fourth-order valence-electron chi connectivity index (χ4n) is 4.17. The van der Waals surface area contributed by atoms with E-state index < -0.39 is 12.0 Å². The number of Topliss-reactive ketones (excluding diaryl/α,β-unsaturated/α-hetero) is 2. The number of thioether (sulfide) groups is 1. The molecule has 0 N–H and O–H groups in total. The number of carbonyl (C=O) groups is 3. The van der Waals surface area contributed by atoms with Crippen molar-refractivity contribution in [2.45, 2.75) is 19.9 Å². The summed E-state index contributed by atoms with van der Waals surface area (Å²) in [5.41, 5.74) is 2.51. The lowest BCUT2D eigenvalue weighted by Gasteiger charge is -2.36. The van der Waals surface area contributed by atoms with Crippen molar-refractivity contribution in [3.8, 4) is 0 Å². The molecule has 2 aromatic carbocycles. The van der Waals surface area contributed by atoms with Crippen molar-refractivity contribution < 1.29 is 19.1 Å². The van der Waals surface area contributed by atoms with Gasteiger partial charge in [-0.3, -0.25) is 9.59 Å². The molecule has 32 heavy (non-hydrogen) atoms. The van der Waals surface area contributed by atoms with Gasteiger partial charge in [-0.1, -0.05) is 48.0 Å². The average molecular weight is 465 g/mol. The van der Waals surface area contributed by atoms with E-state index in [1.807, 2.05) is 0 Å². The van der Waals surface area contributed by atoms with Crippen molar-refractivity contribution in [2.24, 2.45) is 4.99 Å². The molecule has 1 unspecified atom stereocenters. The third-order valence-corrected chi connectivity index (χ3v) is 6.86. The quantitative estimate of drug-likeness (QED) is 0.599. The summed E-state index contributed by atoms with van der Waals surface area (Å²) in [5.74, 6) is -1.00. The van der Waals surface area contributed by atoms with E-state index in [0.29, 0.717) is 37.5 Å². The molecule has 160 valence electrons. The summed E-state index contributed by atoms with van der Waals surface area (Å²) < 4.78 is 5.32. The first-order chi connectivity index (χ1) is 15.4. The maximum Gasteiger partial charge on any atom is 0.338 e. The number of hydrogen-bond acceptors (Lipinski definition) is 7. The lowest BCUT2D eigenvalue weighted by molar-refractivity contribution is -0.139. The van der Waals surface area contributed by atoms with Gasteiger partial charge in [0.2, 0.25) is 11.6 Å². The minimum Gasteiger partial charge on any atom is -0.463 e. The van der Waals surface area contributed by atoms with Crippen LogP contribution in [0.25, 0.3) is 0 Å². The molecule has 6 nitrogen and oxygen atoms in total. The summed E-state index contributed by atoms with van der Waals surface area (Å²) in [6.07, 6.45) is 0. The van der Waals surface area contributed by atoms with Crippen LogP contribution in [0.5, 0.6) is 0 Å². The number of aliphatic imine (C=N–C) groups is 1. The maximum absolute atomic E-state index is 13.5. The number of allylic oxidation sites excluding steroid dienone is 3. The zero-order chi connectivity index (χ0) is 22.6. The van der Waals surface area contributed by atoms with Crippen molar-refractivity contribution in [3.05, 3.63) is 92.1 Å². The van der Waals surface area contributed by atoms with Crippen molar-refractivity contribution in [1.29, 1.82) is 0 Å².